The second-order valence-corrected chi connectivity index (χ2v) is 16.5. The quantitative estimate of drug-likeness (QED) is 0.337. The zero-order chi connectivity index (χ0) is 27.6. The molecule has 8 rings (SSSR count). The molecule has 0 aromatic heterocycles. The van der Waals surface area contributed by atoms with Gasteiger partial charge in [0.2, 0.25) is 0 Å². The van der Waals surface area contributed by atoms with Crippen molar-refractivity contribution in [3.63, 3.8) is 0 Å². The Morgan fingerprint density at radius 1 is 0.585 bits per heavy atom. The molecule has 2 saturated heterocycles. The highest BCUT2D eigenvalue weighted by Crippen LogP contribution is 2.73. The van der Waals surface area contributed by atoms with Gasteiger partial charge in [0, 0.05) is 28.3 Å². The first-order valence-corrected chi connectivity index (χ1v) is 17.6. The Kier molecular flexibility index (Phi) is 6.71. The Hall–Kier alpha value is -1.98. The molecule has 1 saturated carbocycles. The molecule has 2 aliphatic carbocycles. The van der Waals surface area contributed by atoms with E-state index in [1.807, 2.05) is 0 Å². The fourth-order valence-electron chi connectivity index (χ4n) is 8.24. The van der Waals surface area contributed by atoms with Crippen LogP contribution in [0.3, 0.4) is 0 Å². The second-order valence-electron chi connectivity index (χ2n) is 13.3. The molecule has 0 unspecified atom stereocenters. The largest absolute Gasteiger partial charge is 0.299 e. The SMILES string of the molecule is CC12SC(c3ccc(CN4CCCC4)cc3)=CC3=C4CCCC4=C(C=C(c4ccc(CN5CCCC5)cc4)S1)C32C. The lowest BCUT2D eigenvalue weighted by atomic mass is 9.73. The summed E-state index contributed by atoms with van der Waals surface area (Å²) in [6.45, 7) is 12.3. The van der Waals surface area contributed by atoms with Gasteiger partial charge in [0.15, 0.2) is 0 Å². The summed E-state index contributed by atoms with van der Waals surface area (Å²) < 4.78 is 0.0125. The molecule has 0 radical (unpaired) electrons. The number of rotatable bonds is 6. The van der Waals surface area contributed by atoms with E-state index in [-0.39, 0.29) is 9.49 Å². The first-order chi connectivity index (χ1) is 20.0. The van der Waals surface area contributed by atoms with Crippen LogP contribution in [0, 0.1) is 5.41 Å². The molecule has 0 spiro atoms. The van der Waals surface area contributed by atoms with Gasteiger partial charge in [0.1, 0.15) is 0 Å². The minimum atomic E-state index is 0.0125. The first-order valence-electron chi connectivity index (χ1n) is 15.9. The maximum atomic E-state index is 2.60. The van der Waals surface area contributed by atoms with Gasteiger partial charge in [0.05, 0.1) is 4.08 Å². The van der Waals surface area contributed by atoms with Crippen molar-refractivity contribution < 1.29 is 0 Å². The Morgan fingerprint density at radius 2 is 1.00 bits per heavy atom. The van der Waals surface area contributed by atoms with Gasteiger partial charge >= 0.3 is 0 Å². The van der Waals surface area contributed by atoms with Crippen LogP contribution < -0.4 is 0 Å². The van der Waals surface area contributed by atoms with Crippen molar-refractivity contribution in [2.75, 3.05) is 26.2 Å². The summed E-state index contributed by atoms with van der Waals surface area (Å²) in [5, 5.41) is 0. The number of likely N-dealkylation sites (tertiary alicyclic amines) is 2. The van der Waals surface area contributed by atoms with Crippen LogP contribution in [0.4, 0.5) is 0 Å². The Balaban J connectivity index is 1.12. The zero-order valence-electron chi connectivity index (χ0n) is 24.7. The Bertz CT molecular complexity index is 1370. The number of nitrogens with zero attached hydrogens (tertiary/aromatic N) is 2. The molecule has 2 aromatic rings. The molecule has 0 amide bonds. The number of thioether (sulfide) groups is 2. The third-order valence-electron chi connectivity index (χ3n) is 10.7. The fraction of sp³-hybridized carbons (Fsp3) is 0.459. The molecule has 4 heteroatoms. The molecule has 2 nitrogen and oxygen atoms in total. The maximum Gasteiger partial charge on any atom is 0.0811 e. The molecule has 0 N–H and O–H groups in total. The van der Waals surface area contributed by atoms with Crippen LogP contribution in [-0.2, 0) is 13.1 Å². The number of hydrogen-bond acceptors (Lipinski definition) is 4. The minimum Gasteiger partial charge on any atom is -0.299 e. The molecule has 6 aliphatic rings. The van der Waals surface area contributed by atoms with E-state index in [1.54, 1.807) is 22.3 Å². The standard InChI is InChI=1S/C37H42N2S2/c1-36-32-22-34(28-14-10-26(11-15-28)24-38-18-3-4-19-38)40-37(36,2)41-35(23-33(36)31-9-7-8-30(31)32)29-16-12-27(13-17-29)25-39-20-5-6-21-39/h10-17,22-23H,3-9,18-21,24-25H2,1-2H3. The number of benzene rings is 2. The summed E-state index contributed by atoms with van der Waals surface area (Å²) in [7, 11) is 0. The van der Waals surface area contributed by atoms with Crippen LogP contribution in [0.5, 0.6) is 0 Å². The average Bonchev–Trinajstić information content (AvgIpc) is 3.79. The third kappa shape index (κ3) is 4.47. The number of fused-ring (bicyclic) bond motifs is 1. The van der Waals surface area contributed by atoms with E-state index >= 15 is 0 Å². The summed E-state index contributed by atoms with van der Waals surface area (Å²) in [5.74, 6) is 0. The lowest BCUT2D eigenvalue weighted by molar-refractivity contribution is 0.331. The van der Waals surface area contributed by atoms with Crippen molar-refractivity contribution in [3.8, 4) is 0 Å². The summed E-state index contributed by atoms with van der Waals surface area (Å²) >= 11 is 4.23. The van der Waals surface area contributed by atoms with Crippen LogP contribution in [0.2, 0.25) is 0 Å². The van der Waals surface area contributed by atoms with Crippen molar-refractivity contribution in [2.45, 2.75) is 76.0 Å². The van der Waals surface area contributed by atoms with Crippen molar-refractivity contribution in [2.24, 2.45) is 5.41 Å². The molecular formula is C37H42N2S2. The predicted molar refractivity (Wildman–Crippen MR) is 177 cm³/mol. The second kappa shape index (κ2) is 10.3. The average molecular weight is 579 g/mol. The summed E-state index contributed by atoms with van der Waals surface area (Å²) in [4.78, 5) is 8.09. The molecule has 3 fully saturated rings. The molecule has 2 aromatic carbocycles. The lowest BCUT2D eigenvalue weighted by Crippen LogP contribution is -2.43. The fourth-order valence-corrected chi connectivity index (χ4v) is 11.5. The zero-order valence-corrected chi connectivity index (χ0v) is 26.3. The van der Waals surface area contributed by atoms with Crippen molar-refractivity contribution in [1.82, 2.24) is 9.80 Å². The van der Waals surface area contributed by atoms with Crippen LogP contribution in [0.1, 0.15) is 81.0 Å². The molecule has 4 heterocycles. The number of allylic oxidation sites excluding steroid dienone is 6. The topological polar surface area (TPSA) is 6.48 Å². The third-order valence-corrected chi connectivity index (χ3v) is 13.9. The highest BCUT2D eigenvalue weighted by atomic mass is 32.2. The van der Waals surface area contributed by atoms with Gasteiger partial charge < -0.3 is 0 Å². The maximum absolute atomic E-state index is 2.60. The molecule has 0 atom stereocenters. The van der Waals surface area contributed by atoms with E-state index in [1.165, 1.54) is 103 Å². The smallest absolute Gasteiger partial charge is 0.0811 e. The van der Waals surface area contributed by atoms with Gasteiger partial charge in [-0.3, -0.25) is 9.80 Å². The van der Waals surface area contributed by atoms with E-state index in [2.05, 4.69) is 108 Å². The number of hydrogen-bond donors (Lipinski definition) is 0. The van der Waals surface area contributed by atoms with Crippen LogP contribution in [-0.4, -0.2) is 40.1 Å². The summed E-state index contributed by atoms with van der Waals surface area (Å²) in [5.41, 5.74) is 12.3. The van der Waals surface area contributed by atoms with Gasteiger partial charge in [-0.2, -0.15) is 0 Å². The molecule has 41 heavy (non-hydrogen) atoms. The Morgan fingerprint density at radius 3 is 1.41 bits per heavy atom. The van der Waals surface area contributed by atoms with Crippen LogP contribution in [0.25, 0.3) is 9.81 Å². The van der Waals surface area contributed by atoms with E-state index in [0.717, 1.165) is 13.1 Å². The van der Waals surface area contributed by atoms with E-state index in [4.69, 9.17) is 0 Å². The van der Waals surface area contributed by atoms with E-state index in [9.17, 15) is 0 Å². The predicted octanol–water partition coefficient (Wildman–Crippen LogP) is 9.27. The lowest BCUT2D eigenvalue weighted by Gasteiger charge is -2.52. The summed E-state index contributed by atoms with van der Waals surface area (Å²) in [6.07, 6.45) is 14.4. The van der Waals surface area contributed by atoms with Gasteiger partial charge in [-0.15, -0.1) is 23.5 Å². The van der Waals surface area contributed by atoms with E-state index in [0.29, 0.717) is 0 Å². The molecular weight excluding hydrogens is 537 g/mol. The minimum absolute atomic E-state index is 0.0125. The Labute approximate surface area is 255 Å². The van der Waals surface area contributed by atoms with Crippen molar-refractivity contribution in [3.05, 3.63) is 105 Å². The summed E-state index contributed by atoms with van der Waals surface area (Å²) in [6, 6.07) is 19.1. The molecule has 4 aliphatic heterocycles. The van der Waals surface area contributed by atoms with Gasteiger partial charge in [-0.1, -0.05) is 48.5 Å². The van der Waals surface area contributed by atoms with Gasteiger partial charge in [0.25, 0.3) is 0 Å². The van der Waals surface area contributed by atoms with Gasteiger partial charge in [-0.25, -0.2) is 0 Å². The molecule has 212 valence electrons. The van der Waals surface area contributed by atoms with E-state index < -0.39 is 0 Å². The highest BCUT2D eigenvalue weighted by molar-refractivity contribution is 8.26. The van der Waals surface area contributed by atoms with Crippen molar-refractivity contribution in [1.29, 1.82) is 0 Å². The monoisotopic (exact) mass is 578 g/mol. The first kappa shape index (κ1) is 26.6. The van der Waals surface area contributed by atoms with Crippen LogP contribution >= 0.6 is 23.5 Å². The molecule has 0 bridgehead atoms. The van der Waals surface area contributed by atoms with Gasteiger partial charge in [-0.05, 0) is 142 Å². The van der Waals surface area contributed by atoms with Crippen molar-refractivity contribution >= 4 is 33.3 Å². The van der Waals surface area contributed by atoms with Crippen LogP contribution in [0.15, 0.2) is 83.0 Å². The normalized spacial score (nSPS) is 29.7. The highest BCUT2D eigenvalue weighted by Gasteiger charge is 2.59.